The molecule has 3 aromatic heterocycles. The Morgan fingerprint density at radius 1 is 1.27 bits per heavy atom. The third kappa shape index (κ3) is 4.12. The molecular formula is C17H13F3N2O3S. The molecule has 0 saturated carbocycles. The van der Waals surface area contributed by atoms with Gasteiger partial charge >= 0.3 is 6.18 Å². The fourth-order valence-electron chi connectivity index (χ4n) is 2.18. The summed E-state index contributed by atoms with van der Waals surface area (Å²) in [5.74, 6) is 0.227. The Bertz CT molecular complexity index is 874. The number of halogens is 3. The highest BCUT2D eigenvalue weighted by molar-refractivity contribution is 7.08. The van der Waals surface area contributed by atoms with Crippen LogP contribution in [0.4, 0.5) is 13.2 Å². The average Bonchev–Trinajstić information content (AvgIpc) is 3.29. The largest absolute Gasteiger partial charge is 0.458 e. The number of aliphatic hydroxyl groups excluding tert-OH is 1. The monoisotopic (exact) mass is 382 g/mol. The summed E-state index contributed by atoms with van der Waals surface area (Å²) >= 11 is 1.51. The summed E-state index contributed by atoms with van der Waals surface area (Å²) in [6.07, 6.45) is -4.81. The fourth-order valence-corrected chi connectivity index (χ4v) is 2.82. The second kappa shape index (κ2) is 7.30. The smallest absolute Gasteiger partial charge is 0.433 e. The van der Waals surface area contributed by atoms with E-state index in [-0.39, 0.29) is 17.9 Å². The van der Waals surface area contributed by atoms with Crippen LogP contribution < -0.4 is 5.32 Å². The number of aliphatic hydroxyl groups is 1. The molecule has 0 spiro atoms. The summed E-state index contributed by atoms with van der Waals surface area (Å²) in [5.41, 5.74) is -0.234. The lowest BCUT2D eigenvalue weighted by atomic mass is 10.2. The topological polar surface area (TPSA) is 75.4 Å². The number of amides is 1. The van der Waals surface area contributed by atoms with Crippen LogP contribution in [0.3, 0.4) is 0 Å². The first-order valence-electron chi connectivity index (χ1n) is 7.46. The van der Waals surface area contributed by atoms with E-state index in [1.807, 2.05) is 16.8 Å². The molecule has 26 heavy (non-hydrogen) atoms. The van der Waals surface area contributed by atoms with Gasteiger partial charge in [-0.2, -0.15) is 24.5 Å². The molecule has 1 amide bonds. The second-order valence-corrected chi connectivity index (χ2v) is 6.15. The minimum atomic E-state index is -4.56. The number of hydrogen-bond acceptors (Lipinski definition) is 5. The van der Waals surface area contributed by atoms with Gasteiger partial charge in [-0.1, -0.05) is 0 Å². The number of hydrogen-bond donors (Lipinski definition) is 2. The Labute approximate surface area is 150 Å². The molecule has 0 saturated heterocycles. The molecule has 0 fully saturated rings. The minimum Gasteiger partial charge on any atom is -0.458 e. The maximum absolute atomic E-state index is 12.5. The zero-order valence-electron chi connectivity index (χ0n) is 13.2. The molecule has 0 bridgehead atoms. The molecule has 0 unspecified atom stereocenters. The van der Waals surface area contributed by atoms with E-state index in [0.717, 1.165) is 23.9 Å². The van der Waals surface area contributed by atoms with Crippen molar-refractivity contribution in [3.05, 3.63) is 64.3 Å². The van der Waals surface area contributed by atoms with Crippen LogP contribution in [0, 0.1) is 0 Å². The second-order valence-electron chi connectivity index (χ2n) is 5.37. The van der Waals surface area contributed by atoms with Crippen molar-refractivity contribution in [3.8, 4) is 11.3 Å². The van der Waals surface area contributed by atoms with Gasteiger partial charge in [0.15, 0.2) is 0 Å². The van der Waals surface area contributed by atoms with E-state index in [0.29, 0.717) is 5.76 Å². The van der Waals surface area contributed by atoms with Crippen molar-refractivity contribution < 1.29 is 27.5 Å². The molecule has 3 heterocycles. The van der Waals surface area contributed by atoms with Crippen LogP contribution in [0.15, 0.2) is 51.7 Å². The van der Waals surface area contributed by atoms with Gasteiger partial charge in [-0.25, -0.2) is 0 Å². The van der Waals surface area contributed by atoms with Gasteiger partial charge in [-0.05, 0) is 35.7 Å². The summed E-state index contributed by atoms with van der Waals surface area (Å²) in [4.78, 5) is 15.2. The summed E-state index contributed by atoms with van der Waals surface area (Å²) in [7, 11) is 0. The van der Waals surface area contributed by atoms with Crippen molar-refractivity contribution in [2.45, 2.75) is 12.3 Å². The lowest BCUT2D eigenvalue weighted by Gasteiger charge is -2.10. The lowest BCUT2D eigenvalue weighted by molar-refractivity contribution is -0.141. The Hall–Kier alpha value is -2.65. The summed E-state index contributed by atoms with van der Waals surface area (Å²) in [6.45, 7) is -0.156. The van der Waals surface area contributed by atoms with Crippen molar-refractivity contribution in [1.82, 2.24) is 10.3 Å². The van der Waals surface area contributed by atoms with E-state index in [2.05, 4.69) is 10.3 Å². The van der Waals surface area contributed by atoms with Gasteiger partial charge in [0.1, 0.15) is 23.3 Å². The van der Waals surface area contributed by atoms with Crippen molar-refractivity contribution >= 4 is 17.2 Å². The number of nitrogens with zero attached hydrogens (tertiary/aromatic N) is 1. The van der Waals surface area contributed by atoms with Crippen LogP contribution in [0.5, 0.6) is 0 Å². The molecule has 1 atom stereocenters. The third-order valence-corrected chi connectivity index (χ3v) is 4.22. The van der Waals surface area contributed by atoms with Crippen LogP contribution in [0.2, 0.25) is 0 Å². The molecule has 2 N–H and O–H groups in total. The van der Waals surface area contributed by atoms with E-state index in [1.54, 1.807) is 12.1 Å². The van der Waals surface area contributed by atoms with E-state index in [4.69, 9.17) is 4.42 Å². The van der Waals surface area contributed by atoms with E-state index >= 15 is 0 Å². The lowest BCUT2D eigenvalue weighted by Crippen LogP contribution is -2.28. The van der Waals surface area contributed by atoms with E-state index < -0.39 is 23.9 Å². The van der Waals surface area contributed by atoms with Crippen molar-refractivity contribution in [1.29, 1.82) is 0 Å². The SMILES string of the molecule is O=C(NC[C@@H](O)c1ccc(-c2ccsc2)o1)c1ccc(C(F)(F)F)nc1. The molecular weight excluding hydrogens is 369 g/mol. The third-order valence-electron chi connectivity index (χ3n) is 3.53. The van der Waals surface area contributed by atoms with Gasteiger partial charge in [0.25, 0.3) is 5.91 Å². The van der Waals surface area contributed by atoms with Crippen molar-refractivity contribution in [3.63, 3.8) is 0 Å². The number of alkyl halides is 3. The van der Waals surface area contributed by atoms with Gasteiger partial charge in [-0.15, -0.1) is 0 Å². The number of aromatic nitrogens is 1. The Balaban J connectivity index is 1.59. The van der Waals surface area contributed by atoms with E-state index in [1.165, 1.54) is 11.3 Å². The van der Waals surface area contributed by atoms with Crippen molar-refractivity contribution in [2.75, 3.05) is 6.54 Å². The number of rotatable bonds is 5. The number of pyridine rings is 1. The molecule has 9 heteroatoms. The van der Waals surface area contributed by atoms with Crippen LogP contribution >= 0.6 is 11.3 Å². The maximum Gasteiger partial charge on any atom is 0.433 e. The summed E-state index contributed by atoms with van der Waals surface area (Å²) < 4.78 is 42.9. The fraction of sp³-hybridized carbons (Fsp3) is 0.176. The zero-order valence-corrected chi connectivity index (χ0v) is 14.0. The Morgan fingerprint density at radius 2 is 2.08 bits per heavy atom. The average molecular weight is 382 g/mol. The normalized spacial score (nSPS) is 12.8. The first kappa shape index (κ1) is 18.2. The van der Waals surface area contributed by atoms with Crippen LogP contribution in [0.1, 0.15) is 27.9 Å². The molecule has 0 aliphatic carbocycles. The molecule has 3 aromatic rings. The van der Waals surface area contributed by atoms with Gasteiger partial charge in [0.2, 0.25) is 0 Å². The molecule has 5 nitrogen and oxygen atoms in total. The zero-order chi connectivity index (χ0) is 18.7. The summed E-state index contributed by atoms with van der Waals surface area (Å²) in [5, 5.41) is 16.3. The van der Waals surface area contributed by atoms with E-state index in [9.17, 15) is 23.1 Å². The predicted molar refractivity (Wildman–Crippen MR) is 88.6 cm³/mol. The van der Waals surface area contributed by atoms with Gasteiger partial charge < -0.3 is 14.8 Å². The van der Waals surface area contributed by atoms with Crippen LogP contribution in [-0.4, -0.2) is 22.5 Å². The van der Waals surface area contributed by atoms with Crippen molar-refractivity contribution in [2.24, 2.45) is 0 Å². The molecule has 0 radical (unpaired) electrons. The molecule has 0 aliphatic rings. The predicted octanol–water partition coefficient (Wildman–Crippen LogP) is 3.89. The number of nitrogens with one attached hydrogen (secondary N) is 1. The Morgan fingerprint density at radius 3 is 2.69 bits per heavy atom. The number of furan rings is 1. The maximum atomic E-state index is 12.5. The van der Waals surface area contributed by atoms with Gasteiger partial charge in [-0.3, -0.25) is 9.78 Å². The number of carbonyl (C=O) groups is 1. The Kier molecular flexibility index (Phi) is 5.10. The molecule has 0 aromatic carbocycles. The quantitative estimate of drug-likeness (QED) is 0.702. The number of carbonyl (C=O) groups excluding carboxylic acids is 1. The standard InChI is InChI=1S/C17H13F3N2O3S/c18-17(19,20)15-4-1-10(7-21-15)16(24)22-8-12(23)14-3-2-13(25-14)11-5-6-26-9-11/h1-7,9,12,23H,8H2,(H,22,24)/t12-/m1/s1. The molecule has 0 aliphatic heterocycles. The first-order chi connectivity index (χ1) is 12.3. The van der Waals surface area contributed by atoms with Crippen LogP contribution in [0.25, 0.3) is 11.3 Å². The van der Waals surface area contributed by atoms with Gasteiger partial charge in [0, 0.05) is 17.1 Å². The first-order valence-corrected chi connectivity index (χ1v) is 8.40. The highest BCUT2D eigenvalue weighted by Gasteiger charge is 2.32. The molecule has 136 valence electrons. The molecule has 3 rings (SSSR count). The highest BCUT2D eigenvalue weighted by atomic mass is 32.1. The minimum absolute atomic E-state index is 0.0383. The summed E-state index contributed by atoms with van der Waals surface area (Å²) in [6, 6.07) is 6.94. The van der Waals surface area contributed by atoms with Gasteiger partial charge in [0.05, 0.1) is 12.1 Å². The number of thiophene rings is 1. The highest BCUT2D eigenvalue weighted by Crippen LogP contribution is 2.28. The van der Waals surface area contributed by atoms with Crippen LogP contribution in [-0.2, 0) is 6.18 Å².